The smallest absolute Gasteiger partial charge is 0.306 e. The number of carbonyl (C=O) groups excluding carboxylic acids is 2. The third kappa shape index (κ3) is 5.45. The van der Waals surface area contributed by atoms with Gasteiger partial charge in [-0.15, -0.1) is 0 Å². The molecule has 0 heterocycles. The van der Waals surface area contributed by atoms with E-state index in [1.165, 1.54) is 0 Å². The summed E-state index contributed by atoms with van der Waals surface area (Å²) in [5.74, 6) is -0.677. The minimum absolute atomic E-state index is 0.256. The van der Waals surface area contributed by atoms with E-state index in [4.69, 9.17) is 4.74 Å². The highest BCUT2D eigenvalue weighted by Gasteiger charge is 2.19. The lowest BCUT2D eigenvalue weighted by atomic mass is 10.1. The van der Waals surface area contributed by atoms with E-state index in [2.05, 4.69) is 5.32 Å². The summed E-state index contributed by atoms with van der Waals surface area (Å²) < 4.78 is 5.27. The lowest BCUT2D eigenvalue weighted by Crippen LogP contribution is -2.30. The summed E-state index contributed by atoms with van der Waals surface area (Å²) in [6, 6.07) is 15.6. The van der Waals surface area contributed by atoms with Gasteiger partial charge in [-0.3, -0.25) is 9.59 Å². The Morgan fingerprint density at radius 1 is 1.08 bits per heavy atom. The number of nitrogens with one attached hydrogen (secondary N) is 1. The molecule has 0 fully saturated rings. The number of rotatable bonds is 7. The van der Waals surface area contributed by atoms with Crippen LogP contribution in [-0.4, -0.2) is 18.0 Å². The standard InChI is InChI=1S/C21H25NO3/c1-4-18-12-8-9-15(2)20(18)22-21(24)16(3)25-19(23)14-13-17-10-6-5-7-11-17/h5-12,16H,4,13-14H2,1-3H3,(H,22,24)/t16-/m0/s1. The molecule has 1 amide bonds. The first-order valence-electron chi connectivity index (χ1n) is 8.64. The summed E-state index contributed by atoms with van der Waals surface area (Å²) in [4.78, 5) is 24.3. The fourth-order valence-corrected chi connectivity index (χ4v) is 2.63. The molecule has 4 heteroatoms. The first-order chi connectivity index (χ1) is 12.0. The van der Waals surface area contributed by atoms with Crippen LogP contribution in [0.15, 0.2) is 48.5 Å². The van der Waals surface area contributed by atoms with Crippen LogP contribution in [0, 0.1) is 6.92 Å². The van der Waals surface area contributed by atoms with Gasteiger partial charge in [-0.1, -0.05) is 55.5 Å². The van der Waals surface area contributed by atoms with E-state index in [-0.39, 0.29) is 18.3 Å². The Bertz CT molecular complexity index is 725. The normalized spacial score (nSPS) is 11.6. The maximum absolute atomic E-state index is 12.4. The van der Waals surface area contributed by atoms with Gasteiger partial charge < -0.3 is 10.1 Å². The SMILES string of the molecule is CCc1cccc(C)c1NC(=O)[C@H](C)OC(=O)CCc1ccccc1. The molecule has 0 aliphatic rings. The molecule has 1 atom stereocenters. The summed E-state index contributed by atoms with van der Waals surface area (Å²) in [6.07, 6.45) is 0.855. The molecule has 25 heavy (non-hydrogen) atoms. The average molecular weight is 339 g/mol. The topological polar surface area (TPSA) is 55.4 Å². The Morgan fingerprint density at radius 3 is 2.48 bits per heavy atom. The van der Waals surface area contributed by atoms with Crippen molar-refractivity contribution in [3.63, 3.8) is 0 Å². The van der Waals surface area contributed by atoms with Gasteiger partial charge in [-0.05, 0) is 43.4 Å². The first kappa shape index (κ1) is 18.7. The van der Waals surface area contributed by atoms with Crippen LogP contribution in [0.5, 0.6) is 0 Å². The molecule has 0 saturated carbocycles. The van der Waals surface area contributed by atoms with Crippen molar-refractivity contribution in [3.05, 3.63) is 65.2 Å². The summed E-state index contributed by atoms with van der Waals surface area (Å²) in [6.45, 7) is 5.59. The molecular formula is C21H25NO3. The highest BCUT2D eigenvalue weighted by Crippen LogP contribution is 2.21. The zero-order valence-electron chi connectivity index (χ0n) is 15.0. The van der Waals surface area contributed by atoms with Gasteiger partial charge in [0.05, 0.1) is 0 Å². The number of esters is 1. The number of hydrogen-bond acceptors (Lipinski definition) is 3. The van der Waals surface area contributed by atoms with Gasteiger partial charge in [0, 0.05) is 12.1 Å². The van der Waals surface area contributed by atoms with Crippen LogP contribution in [0.1, 0.15) is 37.0 Å². The number of ether oxygens (including phenoxy) is 1. The Labute approximate surface area is 149 Å². The molecule has 0 aliphatic heterocycles. The van der Waals surface area contributed by atoms with Crippen molar-refractivity contribution in [2.75, 3.05) is 5.32 Å². The van der Waals surface area contributed by atoms with Gasteiger partial charge in [0.2, 0.25) is 0 Å². The van der Waals surface area contributed by atoms with E-state index in [1.807, 2.05) is 62.4 Å². The molecule has 2 aromatic rings. The molecule has 2 rings (SSSR count). The molecule has 0 radical (unpaired) electrons. The monoisotopic (exact) mass is 339 g/mol. The first-order valence-corrected chi connectivity index (χ1v) is 8.64. The summed E-state index contributed by atoms with van der Waals surface area (Å²) in [7, 11) is 0. The molecule has 0 saturated heterocycles. The second-order valence-corrected chi connectivity index (χ2v) is 6.07. The Morgan fingerprint density at radius 2 is 1.80 bits per heavy atom. The zero-order valence-corrected chi connectivity index (χ0v) is 15.0. The highest BCUT2D eigenvalue weighted by atomic mass is 16.5. The highest BCUT2D eigenvalue weighted by molar-refractivity contribution is 5.96. The Balaban J connectivity index is 1.89. The zero-order chi connectivity index (χ0) is 18.2. The van der Waals surface area contributed by atoms with Crippen molar-refractivity contribution in [1.82, 2.24) is 0 Å². The van der Waals surface area contributed by atoms with Crippen LogP contribution in [0.4, 0.5) is 5.69 Å². The van der Waals surface area contributed by atoms with Gasteiger partial charge in [0.15, 0.2) is 6.10 Å². The Kier molecular flexibility index (Phi) is 6.75. The number of para-hydroxylation sites is 1. The average Bonchev–Trinajstić information content (AvgIpc) is 2.62. The molecule has 0 spiro atoms. The van der Waals surface area contributed by atoms with Crippen LogP contribution in [0.25, 0.3) is 0 Å². The van der Waals surface area contributed by atoms with Crippen LogP contribution in [0.2, 0.25) is 0 Å². The van der Waals surface area contributed by atoms with Gasteiger partial charge in [0.25, 0.3) is 5.91 Å². The molecule has 0 aromatic heterocycles. The van der Waals surface area contributed by atoms with Crippen LogP contribution in [0.3, 0.4) is 0 Å². The van der Waals surface area contributed by atoms with Crippen molar-refractivity contribution in [2.24, 2.45) is 0 Å². The lowest BCUT2D eigenvalue weighted by molar-refractivity contribution is -0.153. The van der Waals surface area contributed by atoms with Crippen molar-refractivity contribution >= 4 is 17.6 Å². The Hall–Kier alpha value is -2.62. The number of benzene rings is 2. The summed E-state index contributed by atoms with van der Waals surface area (Å²) >= 11 is 0. The quantitative estimate of drug-likeness (QED) is 0.774. The van der Waals surface area contributed by atoms with E-state index in [0.29, 0.717) is 6.42 Å². The molecule has 0 unspecified atom stereocenters. The van der Waals surface area contributed by atoms with E-state index < -0.39 is 6.10 Å². The number of hydrogen-bond donors (Lipinski definition) is 1. The van der Waals surface area contributed by atoms with Crippen molar-refractivity contribution in [1.29, 1.82) is 0 Å². The minimum Gasteiger partial charge on any atom is -0.453 e. The van der Waals surface area contributed by atoms with E-state index >= 15 is 0 Å². The fraction of sp³-hybridized carbons (Fsp3) is 0.333. The number of amides is 1. The second kappa shape index (κ2) is 9.02. The lowest BCUT2D eigenvalue weighted by Gasteiger charge is -2.17. The third-order valence-electron chi connectivity index (χ3n) is 4.13. The van der Waals surface area contributed by atoms with E-state index in [0.717, 1.165) is 28.8 Å². The molecule has 132 valence electrons. The maximum Gasteiger partial charge on any atom is 0.306 e. The van der Waals surface area contributed by atoms with Crippen molar-refractivity contribution < 1.29 is 14.3 Å². The second-order valence-electron chi connectivity index (χ2n) is 6.07. The van der Waals surface area contributed by atoms with Crippen LogP contribution in [-0.2, 0) is 27.2 Å². The number of aryl methyl sites for hydroxylation is 3. The van der Waals surface area contributed by atoms with Crippen molar-refractivity contribution in [2.45, 2.75) is 46.1 Å². The summed E-state index contributed by atoms with van der Waals surface area (Å²) in [5, 5.41) is 2.89. The van der Waals surface area contributed by atoms with E-state index in [1.54, 1.807) is 6.92 Å². The molecule has 0 bridgehead atoms. The predicted octanol–water partition coefficient (Wildman–Crippen LogP) is 4.06. The maximum atomic E-state index is 12.4. The molecule has 4 nitrogen and oxygen atoms in total. The molecule has 1 N–H and O–H groups in total. The fourth-order valence-electron chi connectivity index (χ4n) is 2.63. The van der Waals surface area contributed by atoms with Crippen LogP contribution >= 0.6 is 0 Å². The molecule has 2 aromatic carbocycles. The number of anilines is 1. The van der Waals surface area contributed by atoms with Crippen LogP contribution < -0.4 is 5.32 Å². The predicted molar refractivity (Wildman–Crippen MR) is 99.5 cm³/mol. The van der Waals surface area contributed by atoms with E-state index in [9.17, 15) is 9.59 Å². The summed E-state index contributed by atoms with van der Waals surface area (Å²) in [5.41, 5.74) is 3.94. The number of carbonyl (C=O) groups is 2. The molecular weight excluding hydrogens is 314 g/mol. The largest absolute Gasteiger partial charge is 0.453 e. The van der Waals surface area contributed by atoms with Gasteiger partial charge in [0.1, 0.15) is 0 Å². The van der Waals surface area contributed by atoms with Crippen molar-refractivity contribution in [3.8, 4) is 0 Å². The minimum atomic E-state index is -0.826. The van der Waals surface area contributed by atoms with Gasteiger partial charge >= 0.3 is 5.97 Å². The van der Waals surface area contributed by atoms with Gasteiger partial charge in [-0.25, -0.2) is 0 Å². The third-order valence-corrected chi connectivity index (χ3v) is 4.13. The van der Waals surface area contributed by atoms with Gasteiger partial charge in [-0.2, -0.15) is 0 Å². The molecule has 0 aliphatic carbocycles.